The molecule has 136 valence electrons. The van der Waals surface area contributed by atoms with Gasteiger partial charge in [-0.2, -0.15) is 0 Å². The Kier molecular flexibility index (Phi) is 6.38. The van der Waals surface area contributed by atoms with Gasteiger partial charge < -0.3 is 20.2 Å². The molecule has 7 heteroatoms. The molecule has 1 aliphatic rings. The van der Waals surface area contributed by atoms with E-state index in [4.69, 9.17) is 5.11 Å². The first-order chi connectivity index (χ1) is 11.9. The number of urea groups is 1. The number of piperidine rings is 1. The summed E-state index contributed by atoms with van der Waals surface area (Å²) in [4.78, 5) is 38.3. The number of amides is 3. The van der Waals surface area contributed by atoms with Crippen molar-refractivity contribution < 1.29 is 19.5 Å². The number of hydrogen-bond donors (Lipinski definition) is 2. The molecule has 0 spiro atoms. The molecular weight excluding hydrogens is 322 g/mol. The molecule has 0 saturated carbocycles. The highest BCUT2D eigenvalue weighted by atomic mass is 16.4. The van der Waals surface area contributed by atoms with Crippen molar-refractivity contribution in [3.05, 3.63) is 35.4 Å². The maximum absolute atomic E-state index is 12.2. The normalized spacial score (nSPS) is 14.9. The van der Waals surface area contributed by atoms with E-state index in [0.29, 0.717) is 38.9 Å². The van der Waals surface area contributed by atoms with Crippen molar-refractivity contribution >= 4 is 17.9 Å². The Hall–Kier alpha value is -2.57. The minimum absolute atomic E-state index is 0.0105. The lowest BCUT2D eigenvalue weighted by Gasteiger charge is -2.33. The van der Waals surface area contributed by atoms with E-state index in [0.717, 1.165) is 5.56 Å². The van der Waals surface area contributed by atoms with Crippen LogP contribution < -0.4 is 5.32 Å². The molecule has 2 rings (SSSR count). The minimum Gasteiger partial charge on any atom is -0.478 e. The summed E-state index contributed by atoms with van der Waals surface area (Å²) in [7, 11) is 3.45. The molecule has 7 nitrogen and oxygen atoms in total. The highest BCUT2D eigenvalue weighted by molar-refractivity contribution is 5.87. The maximum atomic E-state index is 12.2. The van der Waals surface area contributed by atoms with Gasteiger partial charge in [0.2, 0.25) is 5.91 Å². The number of nitrogens with one attached hydrogen (secondary N) is 1. The Labute approximate surface area is 147 Å². The van der Waals surface area contributed by atoms with Gasteiger partial charge in [-0.25, -0.2) is 9.59 Å². The first kappa shape index (κ1) is 18.8. The second kappa shape index (κ2) is 8.50. The van der Waals surface area contributed by atoms with Gasteiger partial charge in [0.05, 0.1) is 5.56 Å². The lowest BCUT2D eigenvalue weighted by atomic mass is 9.96. The number of carbonyl (C=O) groups excluding carboxylic acids is 2. The molecule has 0 aliphatic carbocycles. The summed E-state index contributed by atoms with van der Waals surface area (Å²) in [6.07, 6.45) is 2.01. The van der Waals surface area contributed by atoms with Crippen molar-refractivity contribution in [1.82, 2.24) is 15.1 Å². The fourth-order valence-electron chi connectivity index (χ4n) is 2.90. The van der Waals surface area contributed by atoms with E-state index in [1.165, 1.54) is 0 Å². The molecular formula is C18H25N3O4. The standard InChI is InChI=1S/C18H25N3O4/c1-20(2)18(25)21-11-8-14(9-12-21)16(22)19-10-7-13-3-5-15(6-4-13)17(23)24/h3-6,14H,7-12H2,1-2H3,(H,19,22)(H,23,24). The Bertz CT molecular complexity index is 620. The van der Waals surface area contributed by atoms with Crippen molar-refractivity contribution in [1.29, 1.82) is 0 Å². The van der Waals surface area contributed by atoms with Crippen LogP contribution in [0.4, 0.5) is 4.79 Å². The first-order valence-corrected chi connectivity index (χ1v) is 8.44. The largest absolute Gasteiger partial charge is 0.478 e. The van der Waals surface area contributed by atoms with E-state index in [9.17, 15) is 14.4 Å². The van der Waals surface area contributed by atoms with Gasteiger partial charge in [-0.05, 0) is 37.0 Å². The Balaban J connectivity index is 1.72. The van der Waals surface area contributed by atoms with E-state index >= 15 is 0 Å². The zero-order chi connectivity index (χ0) is 18.4. The third-order valence-corrected chi connectivity index (χ3v) is 4.43. The van der Waals surface area contributed by atoms with Crippen LogP contribution in [-0.4, -0.2) is 66.5 Å². The topological polar surface area (TPSA) is 90.0 Å². The third kappa shape index (κ3) is 5.20. The molecule has 2 N–H and O–H groups in total. The molecule has 1 fully saturated rings. The molecule has 1 aromatic rings. The van der Waals surface area contributed by atoms with Crippen LogP contribution in [0.15, 0.2) is 24.3 Å². The molecule has 1 aliphatic heterocycles. The maximum Gasteiger partial charge on any atom is 0.335 e. The van der Waals surface area contributed by atoms with Gasteiger partial charge in [0.1, 0.15) is 0 Å². The summed E-state index contributed by atoms with van der Waals surface area (Å²) in [6.45, 7) is 1.72. The van der Waals surface area contributed by atoms with Crippen molar-refractivity contribution in [3.63, 3.8) is 0 Å². The first-order valence-electron chi connectivity index (χ1n) is 8.44. The summed E-state index contributed by atoms with van der Waals surface area (Å²) in [5.41, 5.74) is 1.24. The quantitative estimate of drug-likeness (QED) is 0.843. The fourth-order valence-corrected chi connectivity index (χ4v) is 2.90. The molecule has 1 aromatic carbocycles. The molecule has 25 heavy (non-hydrogen) atoms. The van der Waals surface area contributed by atoms with Crippen LogP contribution in [0.5, 0.6) is 0 Å². The van der Waals surface area contributed by atoms with Gasteiger partial charge >= 0.3 is 12.0 Å². The number of benzene rings is 1. The van der Waals surface area contributed by atoms with Crippen LogP contribution in [0.2, 0.25) is 0 Å². The second-order valence-corrected chi connectivity index (χ2v) is 6.48. The average molecular weight is 347 g/mol. The van der Waals surface area contributed by atoms with Crippen LogP contribution >= 0.6 is 0 Å². The van der Waals surface area contributed by atoms with Crippen LogP contribution in [0.3, 0.4) is 0 Å². The van der Waals surface area contributed by atoms with Gasteiger partial charge in [-0.3, -0.25) is 4.79 Å². The monoisotopic (exact) mass is 347 g/mol. The molecule has 1 saturated heterocycles. The van der Waals surface area contributed by atoms with Crippen molar-refractivity contribution in [2.45, 2.75) is 19.3 Å². The number of carbonyl (C=O) groups is 3. The van der Waals surface area contributed by atoms with Crippen LogP contribution in [0, 0.1) is 5.92 Å². The average Bonchev–Trinajstić information content (AvgIpc) is 2.61. The number of hydrogen-bond acceptors (Lipinski definition) is 3. The Morgan fingerprint density at radius 2 is 1.76 bits per heavy atom. The zero-order valence-electron chi connectivity index (χ0n) is 14.7. The summed E-state index contributed by atoms with van der Waals surface area (Å²) in [5.74, 6) is -0.973. The Morgan fingerprint density at radius 1 is 1.16 bits per heavy atom. The number of carboxylic acids is 1. The molecule has 3 amide bonds. The SMILES string of the molecule is CN(C)C(=O)N1CCC(C(=O)NCCc2ccc(C(=O)O)cc2)CC1. The van der Waals surface area contributed by atoms with E-state index in [1.54, 1.807) is 48.2 Å². The van der Waals surface area contributed by atoms with Gasteiger partial charge in [0.25, 0.3) is 0 Å². The van der Waals surface area contributed by atoms with Crippen molar-refractivity contribution in [3.8, 4) is 0 Å². The number of rotatable bonds is 5. The van der Waals surface area contributed by atoms with Crippen molar-refractivity contribution in [2.24, 2.45) is 5.92 Å². The molecule has 0 unspecified atom stereocenters. The summed E-state index contributed by atoms with van der Waals surface area (Å²) < 4.78 is 0. The van der Waals surface area contributed by atoms with E-state index in [-0.39, 0.29) is 23.4 Å². The fraction of sp³-hybridized carbons (Fsp3) is 0.500. The zero-order valence-corrected chi connectivity index (χ0v) is 14.7. The van der Waals surface area contributed by atoms with Crippen LogP contribution in [0.1, 0.15) is 28.8 Å². The van der Waals surface area contributed by atoms with E-state index in [1.807, 2.05) is 0 Å². The van der Waals surface area contributed by atoms with E-state index < -0.39 is 5.97 Å². The Morgan fingerprint density at radius 3 is 2.28 bits per heavy atom. The predicted octanol–water partition coefficient (Wildman–Crippen LogP) is 1.44. The van der Waals surface area contributed by atoms with Gasteiger partial charge in [-0.15, -0.1) is 0 Å². The smallest absolute Gasteiger partial charge is 0.335 e. The van der Waals surface area contributed by atoms with Crippen LogP contribution in [0.25, 0.3) is 0 Å². The van der Waals surface area contributed by atoms with Gasteiger partial charge in [-0.1, -0.05) is 12.1 Å². The number of likely N-dealkylation sites (tertiary alicyclic amines) is 1. The van der Waals surface area contributed by atoms with Gasteiger partial charge in [0.15, 0.2) is 0 Å². The molecule has 0 bridgehead atoms. The van der Waals surface area contributed by atoms with Crippen molar-refractivity contribution in [2.75, 3.05) is 33.7 Å². The highest BCUT2D eigenvalue weighted by Crippen LogP contribution is 2.18. The number of nitrogens with zero attached hydrogens (tertiary/aromatic N) is 2. The van der Waals surface area contributed by atoms with Gasteiger partial charge in [0, 0.05) is 39.6 Å². The third-order valence-electron chi connectivity index (χ3n) is 4.43. The number of carboxylic acid groups (broad SMARTS) is 1. The molecule has 1 heterocycles. The molecule has 0 aromatic heterocycles. The van der Waals surface area contributed by atoms with E-state index in [2.05, 4.69) is 5.32 Å². The summed E-state index contributed by atoms with van der Waals surface area (Å²) >= 11 is 0. The minimum atomic E-state index is -0.945. The lowest BCUT2D eigenvalue weighted by Crippen LogP contribution is -2.46. The number of aromatic carboxylic acids is 1. The summed E-state index contributed by atoms with van der Waals surface area (Å²) in [6, 6.07) is 6.65. The molecule has 0 atom stereocenters. The second-order valence-electron chi connectivity index (χ2n) is 6.48. The molecule has 0 radical (unpaired) electrons. The lowest BCUT2D eigenvalue weighted by molar-refractivity contribution is -0.126. The summed E-state index contributed by atoms with van der Waals surface area (Å²) in [5, 5.41) is 11.8. The predicted molar refractivity (Wildman–Crippen MR) is 93.5 cm³/mol. The van der Waals surface area contributed by atoms with Crippen LogP contribution in [-0.2, 0) is 11.2 Å². The highest BCUT2D eigenvalue weighted by Gasteiger charge is 2.27.